The number of methoxy groups -OCH3 is 2. The fraction of sp³-hybridized carbons (Fsp3) is 0.679. The van der Waals surface area contributed by atoms with Crippen LogP contribution in [0.25, 0.3) is 0 Å². The minimum Gasteiger partial charge on any atom is -0.497 e. The first kappa shape index (κ1) is 30.4. The maximum absolute atomic E-state index is 11.9. The minimum absolute atomic E-state index is 0.0279. The van der Waals surface area contributed by atoms with Crippen molar-refractivity contribution in [1.29, 1.82) is 0 Å². The zero-order valence-electron chi connectivity index (χ0n) is 23.4. The van der Waals surface area contributed by atoms with Gasteiger partial charge in [-0.25, -0.2) is 0 Å². The normalized spacial score (nSPS) is 16.5. The molecule has 0 saturated heterocycles. The summed E-state index contributed by atoms with van der Waals surface area (Å²) in [7, 11) is 1.12. The number of hydrogen-bond donors (Lipinski definition) is 0. The van der Waals surface area contributed by atoms with Gasteiger partial charge in [-0.15, -0.1) is 0 Å². The fourth-order valence-electron chi connectivity index (χ4n) is 3.82. The van der Waals surface area contributed by atoms with E-state index in [4.69, 9.17) is 18.6 Å². The van der Waals surface area contributed by atoms with Gasteiger partial charge in [0.2, 0.25) is 0 Å². The summed E-state index contributed by atoms with van der Waals surface area (Å²) >= 11 is 0. The molecule has 4 atom stereocenters. The van der Waals surface area contributed by atoms with Gasteiger partial charge in [-0.05, 0) is 55.1 Å². The molecule has 34 heavy (non-hydrogen) atoms. The number of carbonyl (C=O) groups excluding carboxylic acids is 1. The van der Waals surface area contributed by atoms with Gasteiger partial charge in [0, 0.05) is 5.92 Å². The largest absolute Gasteiger partial charge is 0.497 e. The smallest absolute Gasteiger partial charge is 0.308 e. The summed E-state index contributed by atoms with van der Waals surface area (Å²) in [5, 5.41) is 0.118. The van der Waals surface area contributed by atoms with Crippen molar-refractivity contribution in [2.24, 2.45) is 17.8 Å². The number of carbonyl (C=O) groups is 1. The highest BCUT2D eigenvalue weighted by Crippen LogP contribution is 2.39. The SMILES string of the molecule is COC(=O)C(C)C/C(C)=C/C(C)C(O[Si](C)(C)C(C)(C)C)[C@@H](C)COCc1ccc(OC)cc1. The minimum atomic E-state index is -1.99. The van der Waals surface area contributed by atoms with Gasteiger partial charge in [-0.3, -0.25) is 4.79 Å². The van der Waals surface area contributed by atoms with Crippen LogP contribution in [0.4, 0.5) is 0 Å². The Morgan fingerprint density at radius 2 is 1.65 bits per heavy atom. The van der Waals surface area contributed by atoms with Crippen LogP contribution in [0, 0.1) is 17.8 Å². The van der Waals surface area contributed by atoms with E-state index < -0.39 is 8.32 Å². The third kappa shape index (κ3) is 9.55. The Hall–Kier alpha value is -1.63. The summed E-state index contributed by atoms with van der Waals surface area (Å²) in [5.74, 6) is 0.925. The van der Waals surface area contributed by atoms with Gasteiger partial charge in [0.1, 0.15) is 5.75 Å². The first-order valence-electron chi connectivity index (χ1n) is 12.4. The van der Waals surface area contributed by atoms with Crippen LogP contribution in [0.5, 0.6) is 5.75 Å². The molecule has 0 radical (unpaired) electrons. The molecule has 6 heteroatoms. The zero-order valence-corrected chi connectivity index (χ0v) is 24.4. The molecule has 0 heterocycles. The van der Waals surface area contributed by atoms with Crippen LogP contribution in [0.1, 0.15) is 60.5 Å². The highest BCUT2D eigenvalue weighted by atomic mass is 28.4. The van der Waals surface area contributed by atoms with E-state index >= 15 is 0 Å². The van der Waals surface area contributed by atoms with Crippen molar-refractivity contribution < 1.29 is 23.4 Å². The Balaban J connectivity index is 2.94. The second-order valence-corrected chi connectivity index (χ2v) is 15.9. The van der Waals surface area contributed by atoms with Gasteiger partial charge >= 0.3 is 5.97 Å². The van der Waals surface area contributed by atoms with Crippen LogP contribution in [-0.2, 0) is 25.3 Å². The lowest BCUT2D eigenvalue weighted by Crippen LogP contribution is -2.47. The molecule has 0 aliphatic carbocycles. The molecule has 0 fully saturated rings. The molecule has 194 valence electrons. The van der Waals surface area contributed by atoms with E-state index in [-0.39, 0.29) is 34.9 Å². The van der Waals surface area contributed by atoms with Crippen LogP contribution in [-0.4, -0.2) is 41.2 Å². The molecular formula is C28H48O5Si. The van der Waals surface area contributed by atoms with E-state index in [1.165, 1.54) is 12.7 Å². The second kappa shape index (κ2) is 13.5. The van der Waals surface area contributed by atoms with Crippen molar-refractivity contribution in [3.05, 3.63) is 41.5 Å². The molecule has 0 amide bonds. The average Bonchev–Trinajstić information content (AvgIpc) is 2.76. The summed E-state index contributed by atoms with van der Waals surface area (Å²) in [6.07, 6.45) is 2.98. The number of hydrogen-bond acceptors (Lipinski definition) is 5. The molecule has 0 bridgehead atoms. The number of ether oxygens (including phenoxy) is 3. The lowest BCUT2D eigenvalue weighted by molar-refractivity contribution is -0.144. The van der Waals surface area contributed by atoms with E-state index in [9.17, 15) is 4.79 Å². The second-order valence-electron chi connectivity index (χ2n) is 11.2. The van der Waals surface area contributed by atoms with Crippen molar-refractivity contribution in [3.63, 3.8) is 0 Å². The molecule has 1 aromatic rings. The van der Waals surface area contributed by atoms with Gasteiger partial charge in [0.05, 0.1) is 39.5 Å². The molecule has 1 aromatic carbocycles. The van der Waals surface area contributed by atoms with Gasteiger partial charge in [0.15, 0.2) is 8.32 Å². The predicted octanol–water partition coefficient (Wildman–Crippen LogP) is 7.02. The summed E-state index contributed by atoms with van der Waals surface area (Å²) in [6.45, 7) is 21.0. The maximum atomic E-state index is 11.9. The molecule has 3 unspecified atom stereocenters. The maximum Gasteiger partial charge on any atom is 0.308 e. The first-order chi connectivity index (χ1) is 15.7. The Labute approximate surface area is 209 Å². The summed E-state index contributed by atoms with van der Waals surface area (Å²) in [4.78, 5) is 11.9. The number of esters is 1. The van der Waals surface area contributed by atoms with E-state index in [0.29, 0.717) is 19.6 Å². The van der Waals surface area contributed by atoms with Crippen molar-refractivity contribution >= 4 is 14.3 Å². The molecule has 0 aliphatic heterocycles. The van der Waals surface area contributed by atoms with E-state index in [0.717, 1.165) is 11.3 Å². The molecule has 0 aromatic heterocycles. The van der Waals surface area contributed by atoms with Gasteiger partial charge in [-0.2, -0.15) is 0 Å². The zero-order chi connectivity index (χ0) is 26.1. The van der Waals surface area contributed by atoms with Crippen molar-refractivity contribution in [3.8, 4) is 5.75 Å². The molecule has 5 nitrogen and oxygen atoms in total. The predicted molar refractivity (Wildman–Crippen MR) is 143 cm³/mol. The first-order valence-corrected chi connectivity index (χ1v) is 15.3. The van der Waals surface area contributed by atoms with Gasteiger partial charge < -0.3 is 18.6 Å². The van der Waals surface area contributed by atoms with Crippen LogP contribution < -0.4 is 4.74 Å². The summed E-state index contributed by atoms with van der Waals surface area (Å²) < 4.78 is 23.2. The van der Waals surface area contributed by atoms with E-state index in [2.05, 4.69) is 60.7 Å². The highest BCUT2D eigenvalue weighted by molar-refractivity contribution is 6.74. The lowest BCUT2D eigenvalue weighted by atomic mass is 9.90. The van der Waals surface area contributed by atoms with E-state index in [1.807, 2.05) is 31.2 Å². The molecule has 0 aliphatic rings. The Kier molecular flexibility index (Phi) is 12.0. The topological polar surface area (TPSA) is 54.0 Å². The van der Waals surface area contributed by atoms with Crippen LogP contribution in [0.2, 0.25) is 18.1 Å². The van der Waals surface area contributed by atoms with Crippen molar-refractivity contribution in [2.45, 2.75) is 85.7 Å². The van der Waals surface area contributed by atoms with Crippen molar-refractivity contribution in [2.75, 3.05) is 20.8 Å². The van der Waals surface area contributed by atoms with Gasteiger partial charge in [-0.1, -0.05) is 65.3 Å². The third-order valence-electron chi connectivity index (χ3n) is 6.90. The Morgan fingerprint density at radius 1 is 1.06 bits per heavy atom. The average molecular weight is 493 g/mol. The third-order valence-corrected chi connectivity index (χ3v) is 11.4. The molecule has 1 rings (SSSR count). The number of allylic oxidation sites excluding steroid dienone is 1. The Morgan fingerprint density at radius 3 is 2.15 bits per heavy atom. The Bertz CT molecular complexity index is 779. The van der Waals surface area contributed by atoms with Crippen LogP contribution >= 0.6 is 0 Å². The van der Waals surface area contributed by atoms with Crippen LogP contribution in [0.3, 0.4) is 0 Å². The lowest BCUT2D eigenvalue weighted by Gasteiger charge is -2.42. The molecule has 0 N–H and O–H groups in total. The number of benzene rings is 1. The van der Waals surface area contributed by atoms with Crippen LogP contribution in [0.15, 0.2) is 35.9 Å². The number of rotatable bonds is 13. The monoisotopic (exact) mass is 492 g/mol. The fourth-order valence-corrected chi connectivity index (χ4v) is 5.30. The molecular weight excluding hydrogens is 444 g/mol. The summed E-state index contributed by atoms with van der Waals surface area (Å²) in [6, 6.07) is 7.97. The van der Waals surface area contributed by atoms with Crippen molar-refractivity contribution in [1.82, 2.24) is 0 Å². The summed E-state index contributed by atoms with van der Waals surface area (Å²) in [5.41, 5.74) is 2.30. The molecule has 0 spiro atoms. The highest BCUT2D eigenvalue weighted by Gasteiger charge is 2.41. The van der Waals surface area contributed by atoms with Gasteiger partial charge in [0.25, 0.3) is 0 Å². The molecule has 0 saturated carbocycles. The quantitative estimate of drug-likeness (QED) is 0.168. The standard InChI is InChI=1S/C28H48O5Si/c1-20(17-22(3)27(29)31-9)16-21(2)26(33-34(10,11)28(5,6)7)23(4)18-32-19-24-12-14-25(30-8)15-13-24/h12-16,21-23,26H,17-19H2,1-11H3/b20-16+/t21?,22?,23-,26?/m0/s1. The van der Waals surface area contributed by atoms with E-state index in [1.54, 1.807) is 7.11 Å².